The van der Waals surface area contributed by atoms with Gasteiger partial charge in [0.15, 0.2) is 17.5 Å². The fourth-order valence-electron chi connectivity index (χ4n) is 3.11. The molecular weight excluding hydrogens is 415 g/mol. The van der Waals surface area contributed by atoms with Crippen LogP contribution in [0.4, 0.5) is 18.9 Å². The number of carbonyl (C=O) groups is 1. The van der Waals surface area contributed by atoms with E-state index in [2.05, 4.69) is 11.9 Å². The molecule has 0 bridgehead atoms. The zero-order chi connectivity index (χ0) is 22.9. The van der Waals surface area contributed by atoms with Crippen molar-refractivity contribution in [2.24, 2.45) is 4.99 Å². The zero-order valence-electron chi connectivity index (χ0n) is 17.8. The average Bonchev–Trinajstić information content (AvgIpc) is 2.81. The molecule has 0 heterocycles. The first-order chi connectivity index (χ1) is 15.5. The summed E-state index contributed by atoms with van der Waals surface area (Å²) in [5, 5.41) is 0. The Kier molecular flexibility index (Phi) is 8.20. The SMILES string of the molecule is CCCCCCc1ccc(C(=O)Oc2ccc(C=Nc3ccc(F)c(F)c3F)cc2)cc1. The molecule has 3 rings (SSSR count). The summed E-state index contributed by atoms with van der Waals surface area (Å²) in [6.45, 7) is 2.18. The molecule has 6 heteroatoms. The maximum Gasteiger partial charge on any atom is 0.343 e. The summed E-state index contributed by atoms with van der Waals surface area (Å²) < 4.78 is 45.3. The van der Waals surface area contributed by atoms with E-state index in [1.807, 2.05) is 12.1 Å². The lowest BCUT2D eigenvalue weighted by Crippen LogP contribution is -2.08. The van der Waals surface area contributed by atoms with Crippen molar-refractivity contribution in [3.63, 3.8) is 0 Å². The number of hydrogen-bond acceptors (Lipinski definition) is 3. The van der Waals surface area contributed by atoms with E-state index in [-0.39, 0.29) is 5.69 Å². The van der Waals surface area contributed by atoms with Crippen LogP contribution in [0.3, 0.4) is 0 Å². The monoisotopic (exact) mass is 439 g/mol. The van der Waals surface area contributed by atoms with Crippen LogP contribution in [0.5, 0.6) is 5.75 Å². The Balaban J connectivity index is 1.57. The van der Waals surface area contributed by atoms with Gasteiger partial charge in [-0.1, -0.05) is 38.3 Å². The Morgan fingerprint density at radius 1 is 0.875 bits per heavy atom. The van der Waals surface area contributed by atoms with E-state index >= 15 is 0 Å². The van der Waals surface area contributed by atoms with Crippen molar-refractivity contribution in [1.29, 1.82) is 0 Å². The van der Waals surface area contributed by atoms with Gasteiger partial charge in [0.05, 0.1) is 5.56 Å². The number of rotatable bonds is 9. The summed E-state index contributed by atoms with van der Waals surface area (Å²) in [5.74, 6) is -4.30. The summed E-state index contributed by atoms with van der Waals surface area (Å²) in [7, 11) is 0. The van der Waals surface area contributed by atoms with Gasteiger partial charge in [0, 0.05) is 6.21 Å². The van der Waals surface area contributed by atoms with E-state index in [9.17, 15) is 18.0 Å². The first-order valence-electron chi connectivity index (χ1n) is 10.6. The molecule has 3 nitrogen and oxygen atoms in total. The van der Waals surface area contributed by atoms with Gasteiger partial charge in [0.2, 0.25) is 0 Å². The molecule has 0 radical (unpaired) electrons. The van der Waals surface area contributed by atoms with E-state index in [0.717, 1.165) is 25.0 Å². The predicted octanol–water partition coefficient (Wildman–Crippen LogP) is 7.20. The average molecular weight is 439 g/mol. The van der Waals surface area contributed by atoms with Crippen LogP contribution in [0.25, 0.3) is 0 Å². The number of aryl methyl sites for hydroxylation is 1. The summed E-state index contributed by atoms with van der Waals surface area (Å²) in [6.07, 6.45) is 7.07. The number of ether oxygens (including phenoxy) is 1. The number of hydrogen-bond donors (Lipinski definition) is 0. The minimum atomic E-state index is -1.56. The van der Waals surface area contributed by atoms with E-state index in [4.69, 9.17) is 4.74 Å². The molecule has 0 spiro atoms. The molecule has 0 amide bonds. The van der Waals surface area contributed by atoms with Crippen LogP contribution in [0.15, 0.2) is 65.7 Å². The fraction of sp³-hybridized carbons (Fsp3) is 0.231. The third-order valence-corrected chi connectivity index (χ3v) is 4.97. The van der Waals surface area contributed by atoms with E-state index in [1.165, 1.54) is 31.0 Å². The van der Waals surface area contributed by atoms with Crippen LogP contribution >= 0.6 is 0 Å². The largest absolute Gasteiger partial charge is 0.423 e. The van der Waals surface area contributed by atoms with E-state index in [1.54, 1.807) is 36.4 Å². The normalized spacial score (nSPS) is 11.1. The van der Waals surface area contributed by atoms with Crippen LogP contribution in [0.2, 0.25) is 0 Å². The second-order valence-corrected chi connectivity index (χ2v) is 7.42. The number of benzene rings is 3. The number of halogens is 3. The van der Waals surface area contributed by atoms with E-state index in [0.29, 0.717) is 16.9 Å². The van der Waals surface area contributed by atoms with Gasteiger partial charge < -0.3 is 4.74 Å². The molecular formula is C26H24F3NO2. The lowest BCUT2D eigenvalue weighted by molar-refractivity contribution is 0.0734. The molecule has 0 aliphatic carbocycles. The second-order valence-electron chi connectivity index (χ2n) is 7.42. The molecule has 3 aromatic rings. The third-order valence-electron chi connectivity index (χ3n) is 4.97. The van der Waals surface area contributed by atoms with Gasteiger partial charge in [-0.15, -0.1) is 0 Å². The number of carbonyl (C=O) groups excluding carboxylic acids is 1. The standard InChI is InChI=1S/C26H24F3NO2/c1-2-3-4-5-6-18-7-11-20(12-8-18)26(31)32-21-13-9-19(10-14-21)17-30-23-16-15-22(27)24(28)25(23)29/h7-17H,2-6H2,1H3. The van der Waals surface area contributed by atoms with Gasteiger partial charge in [-0.25, -0.2) is 18.0 Å². The maximum absolute atomic E-state index is 13.7. The van der Waals surface area contributed by atoms with Crippen molar-refractivity contribution in [3.8, 4) is 5.75 Å². The molecule has 0 N–H and O–H groups in total. The van der Waals surface area contributed by atoms with Gasteiger partial charge in [0.25, 0.3) is 0 Å². The van der Waals surface area contributed by atoms with Gasteiger partial charge in [0.1, 0.15) is 11.4 Å². The Morgan fingerprint density at radius 3 is 2.28 bits per heavy atom. The summed E-state index contributed by atoms with van der Waals surface area (Å²) in [6, 6.07) is 15.6. The summed E-state index contributed by atoms with van der Waals surface area (Å²) in [5.41, 5.74) is 1.91. The number of aliphatic imine (C=N–C) groups is 1. The molecule has 0 unspecified atom stereocenters. The van der Waals surface area contributed by atoms with Crippen molar-refractivity contribution < 1.29 is 22.7 Å². The molecule has 166 valence electrons. The Morgan fingerprint density at radius 2 is 1.59 bits per heavy atom. The topological polar surface area (TPSA) is 38.7 Å². The van der Waals surface area contributed by atoms with Crippen LogP contribution in [0, 0.1) is 17.5 Å². The molecule has 3 aromatic carbocycles. The minimum Gasteiger partial charge on any atom is -0.423 e. The fourth-order valence-corrected chi connectivity index (χ4v) is 3.11. The number of unbranched alkanes of at least 4 members (excludes halogenated alkanes) is 3. The molecule has 0 saturated heterocycles. The summed E-state index contributed by atoms with van der Waals surface area (Å²) >= 11 is 0. The number of nitrogens with zero attached hydrogens (tertiary/aromatic N) is 1. The minimum absolute atomic E-state index is 0.312. The molecule has 0 saturated carbocycles. The van der Waals surface area contributed by atoms with Crippen molar-refractivity contribution in [3.05, 3.63) is 94.8 Å². The quantitative estimate of drug-likeness (QED) is 0.116. The lowest BCUT2D eigenvalue weighted by Gasteiger charge is -2.06. The van der Waals surface area contributed by atoms with E-state index < -0.39 is 23.4 Å². The molecule has 0 aliphatic rings. The Bertz CT molecular complexity index is 1080. The Labute approximate surface area is 185 Å². The van der Waals surface area contributed by atoms with Crippen molar-refractivity contribution >= 4 is 17.9 Å². The molecule has 0 aromatic heterocycles. The highest BCUT2D eigenvalue weighted by Gasteiger charge is 2.12. The lowest BCUT2D eigenvalue weighted by atomic mass is 10.0. The molecule has 32 heavy (non-hydrogen) atoms. The highest BCUT2D eigenvalue weighted by molar-refractivity contribution is 5.91. The smallest absolute Gasteiger partial charge is 0.343 e. The highest BCUT2D eigenvalue weighted by atomic mass is 19.2. The van der Waals surface area contributed by atoms with Crippen molar-refractivity contribution in [2.45, 2.75) is 39.0 Å². The molecule has 0 atom stereocenters. The van der Waals surface area contributed by atoms with Crippen molar-refractivity contribution in [2.75, 3.05) is 0 Å². The van der Waals surface area contributed by atoms with Gasteiger partial charge in [-0.3, -0.25) is 4.99 Å². The highest BCUT2D eigenvalue weighted by Crippen LogP contribution is 2.22. The van der Waals surface area contributed by atoms with Crippen LogP contribution in [-0.4, -0.2) is 12.2 Å². The van der Waals surface area contributed by atoms with Crippen LogP contribution < -0.4 is 4.74 Å². The zero-order valence-corrected chi connectivity index (χ0v) is 17.8. The first kappa shape index (κ1) is 23.3. The maximum atomic E-state index is 13.7. The number of esters is 1. The predicted molar refractivity (Wildman–Crippen MR) is 119 cm³/mol. The third kappa shape index (κ3) is 6.30. The van der Waals surface area contributed by atoms with Gasteiger partial charge in [-0.2, -0.15) is 0 Å². The van der Waals surface area contributed by atoms with Crippen LogP contribution in [-0.2, 0) is 6.42 Å². The second kappa shape index (κ2) is 11.3. The van der Waals surface area contributed by atoms with Gasteiger partial charge >= 0.3 is 5.97 Å². The summed E-state index contributed by atoms with van der Waals surface area (Å²) in [4.78, 5) is 16.2. The first-order valence-corrected chi connectivity index (χ1v) is 10.6. The molecule has 0 aliphatic heterocycles. The molecule has 0 fully saturated rings. The van der Waals surface area contributed by atoms with Crippen LogP contribution in [0.1, 0.15) is 54.1 Å². The van der Waals surface area contributed by atoms with Crippen molar-refractivity contribution in [1.82, 2.24) is 0 Å². The van der Waals surface area contributed by atoms with Gasteiger partial charge in [-0.05, 0) is 72.5 Å². The Hall–Kier alpha value is -3.41.